The second kappa shape index (κ2) is 4.63. The van der Waals surface area contributed by atoms with E-state index in [0.29, 0.717) is 6.54 Å². The molecule has 1 aromatic heterocycles. The molecule has 2 N–H and O–H groups in total. The maximum atomic E-state index is 5.77. The van der Waals surface area contributed by atoms with Gasteiger partial charge in [-0.1, -0.05) is 36.4 Å². The van der Waals surface area contributed by atoms with Crippen LogP contribution in [-0.4, -0.2) is 9.55 Å². The van der Waals surface area contributed by atoms with Crippen molar-refractivity contribution in [1.82, 2.24) is 9.55 Å². The highest BCUT2D eigenvalue weighted by Crippen LogP contribution is 2.16. The summed E-state index contributed by atoms with van der Waals surface area (Å²) in [4.78, 5) is 4.40. The summed E-state index contributed by atoms with van der Waals surface area (Å²) < 4.78 is 2.16. The predicted molar refractivity (Wildman–Crippen MR) is 73.2 cm³/mol. The van der Waals surface area contributed by atoms with Crippen molar-refractivity contribution in [2.75, 3.05) is 0 Å². The molecule has 0 bridgehead atoms. The molecule has 18 heavy (non-hydrogen) atoms. The van der Waals surface area contributed by atoms with Crippen LogP contribution in [0.4, 0.5) is 0 Å². The van der Waals surface area contributed by atoms with Gasteiger partial charge in [-0.2, -0.15) is 0 Å². The lowest BCUT2D eigenvalue weighted by molar-refractivity contribution is 0.809. The second-order valence-corrected chi connectivity index (χ2v) is 4.33. The van der Waals surface area contributed by atoms with Gasteiger partial charge in [-0.15, -0.1) is 0 Å². The SMILES string of the molecule is NCc1ccccc1Cn1cnc2ccccc21. The van der Waals surface area contributed by atoms with Crippen molar-refractivity contribution in [2.45, 2.75) is 13.1 Å². The van der Waals surface area contributed by atoms with Crippen molar-refractivity contribution < 1.29 is 0 Å². The van der Waals surface area contributed by atoms with Crippen LogP contribution >= 0.6 is 0 Å². The molecule has 1 heterocycles. The Balaban J connectivity index is 2.01. The Kier molecular flexibility index (Phi) is 2.82. The number of imidazole rings is 1. The standard InChI is InChI=1S/C15H15N3/c16-9-12-5-1-2-6-13(12)10-18-11-17-14-7-3-4-8-15(14)18/h1-8,11H,9-10,16H2. The lowest BCUT2D eigenvalue weighted by atomic mass is 10.1. The minimum atomic E-state index is 0.572. The number of hydrogen-bond acceptors (Lipinski definition) is 2. The molecule has 3 rings (SSSR count). The van der Waals surface area contributed by atoms with Crippen LogP contribution in [0.25, 0.3) is 11.0 Å². The zero-order valence-corrected chi connectivity index (χ0v) is 10.1. The van der Waals surface area contributed by atoms with Crippen molar-refractivity contribution >= 4 is 11.0 Å². The van der Waals surface area contributed by atoms with Crippen molar-refractivity contribution in [1.29, 1.82) is 0 Å². The van der Waals surface area contributed by atoms with Gasteiger partial charge in [-0.3, -0.25) is 0 Å². The number of para-hydroxylation sites is 2. The molecule has 0 atom stereocenters. The van der Waals surface area contributed by atoms with Crippen LogP contribution < -0.4 is 5.73 Å². The summed E-state index contributed by atoms with van der Waals surface area (Å²) in [7, 11) is 0. The molecule has 2 aromatic carbocycles. The molecule has 3 nitrogen and oxygen atoms in total. The molecule has 0 spiro atoms. The van der Waals surface area contributed by atoms with E-state index in [1.54, 1.807) is 0 Å². The Morgan fingerprint density at radius 3 is 2.50 bits per heavy atom. The van der Waals surface area contributed by atoms with Gasteiger partial charge in [0.25, 0.3) is 0 Å². The zero-order chi connectivity index (χ0) is 12.4. The molecule has 3 heteroatoms. The van der Waals surface area contributed by atoms with E-state index in [0.717, 1.165) is 17.6 Å². The highest BCUT2D eigenvalue weighted by molar-refractivity contribution is 5.75. The van der Waals surface area contributed by atoms with Crippen molar-refractivity contribution in [2.24, 2.45) is 5.73 Å². The van der Waals surface area contributed by atoms with Crippen LogP contribution in [0.2, 0.25) is 0 Å². The fraction of sp³-hybridized carbons (Fsp3) is 0.133. The molecular formula is C15H15N3. The minimum absolute atomic E-state index is 0.572. The van der Waals surface area contributed by atoms with Gasteiger partial charge in [0.15, 0.2) is 0 Å². The molecule has 0 saturated heterocycles. The van der Waals surface area contributed by atoms with Crippen molar-refractivity contribution in [3.63, 3.8) is 0 Å². The molecule has 0 radical (unpaired) electrons. The van der Waals surface area contributed by atoms with Crippen LogP contribution in [-0.2, 0) is 13.1 Å². The van der Waals surface area contributed by atoms with E-state index < -0.39 is 0 Å². The van der Waals surface area contributed by atoms with E-state index in [4.69, 9.17) is 5.73 Å². The number of rotatable bonds is 3. The number of hydrogen-bond donors (Lipinski definition) is 1. The molecule has 0 fully saturated rings. The first-order chi connectivity index (χ1) is 8.88. The average Bonchev–Trinajstić information content (AvgIpc) is 2.83. The summed E-state index contributed by atoms with van der Waals surface area (Å²) in [5.41, 5.74) is 10.4. The lowest BCUT2D eigenvalue weighted by Crippen LogP contribution is -2.05. The summed E-state index contributed by atoms with van der Waals surface area (Å²) >= 11 is 0. The van der Waals surface area contributed by atoms with Gasteiger partial charge in [-0.25, -0.2) is 4.98 Å². The van der Waals surface area contributed by atoms with Gasteiger partial charge in [0.1, 0.15) is 0 Å². The quantitative estimate of drug-likeness (QED) is 0.760. The molecular weight excluding hydrogens is 222 g/mol. The highest BCUT2D eigenvalue weighted by Gasteiger charge is 2.04. The first kappa shape index (κ1) is 11.0. The maximum absolute atomic E-state index is 5.77. The number of aromatic nitrogens is 2. The largest absolute Gasteiger partial charge is 0.326 e. The Hall–Kier alpha value is -2.13. The Bertz CT molecular complexity index is 670. The monoisotopic (exact) mass is 237 g/mol. The maximum Gasteiger partial charge on any atom is 0.0961 e. The molecule has 0 aliphatic heterocycles. The van der Waals surface area contributed by atoms with Crippen molar-refractivity contribution in [3.05, 3.63) is 66.0 Å². The third-order valence-electron chi connectivity index (χ3n) is 3.21. The van der Waals surface area contributed by atoms with Gasteiger partial charge in [-0.05, 0) is 23.3 Å². The van der Waals surface area contributed by atoms with E-state index in [1.807, 2.05) is 36.7 Å². The third-order valence-corrected chi connectivity index (χ3v) is 3.21. The van der Waals surface area contributed by atoms with E-state index >= 15 is 0 Å². The van der Waals surface area contributed by atoms with Crippen LogP contribution in [0.5, 0.6) is 0 Å². The predicted octanol–water partition coefficient (Wildman–Crippen LogP) is 2.54. The third kappa shape index (κ3) is 1.89. The summed E-state index contributed by atoms with van der Waals surface area (Å²) in [6, 6.07) is 16.4. The molecule has 0 amide bonds. The summed E-state index contributed by atoms with van der Waals surface area (Å²) in [5, 5.41) is 0. The smallest absolute Gasteiger partial charge is 0.0961 e. The van der Waals surface area contributed by atoms with Crippen LogP contribution in [0.15, 0.2) is 54.9 Å². The normalized spacial score (nSPS) is 10.9. The zero-order valence-electron chi connectivity index (χ0n) is 10.1. The molecule has 0 aliphatic rings. The number of nitrogens with zero attached hydrogens (tertiary/aromatic N) is 2. The fourth-order valence-electron chi connectivity index (χ4n) is 2.23. The number of nitrogens with two attached hydrogens (primary N) is 1. The lowest BCUT2D eigenvalue weighted by Gasteiger charge is -2.09. The summed E-state index contributed by atoms with van der Waals surface area (Å²) in [6.45, 7) is 1.39. The topological polar surface area (TPSA) is 43.8 Å². The summed E-state index contributed by atoms with van der Waals surface area (Å²) in [6.07, 6.45) is 1.89. The Morgan fingerprint density at radius 2 is 1.67 bits per heavy atom. The summed E-state index contributed by atoms with van der Waals surface area (Å²) in [5.74, 6) is 0. The number of benzene rings is 2. The second-order valence-electron chi connectivity index (χ2n) is 4.33. The van der Waals surface area contributed by atoms with Gasteiger partial charge in [0.2, 0.25) is 0 Å². The van der Waals surface area contributed by atoms with Gasteiger partial charge >= 0.3 is 0 Å². The van der Waals surface area contributed by atoms with Gasteiger partial charge < -0.3 is 10.3 Å². The van der Waals surface area contributed by atoms with Crippen LogP contribution in [0.3, 0.4) is 0 Å². The first-order valence-corrected chi connectivity index (χ1v) is 6.05. The highest BCUT2D eigenvalue weighted by atomic mass is 15.0. The fourth-order valence-corrected chi connectivity index (χ4v) is 2.23. The molecule has 0 aliphatic carbocycles. The molecule has 0 unspecified atom stereocenters. The molecule has 3 aromatic rings. The van der Waals surface area contributed by atoms with E-state index in [9.17, 15) is 0 Å². The van der Waals surface area contributed by atoms with Crippen LogP contribution in [0, 0.1) is 0 Å². The van der Waals surface area contributed by atoms with Crippen LogP contribution in [0.1, 0.15) is 11.1 Å². The number of fused-ring (bicyclic) bond motifs is 1. The first-order valence-electron chi connectivity index (χ1n) is 6.05. The molecule has 90 valence electrons. The Morgan fingerprint density at radius 1 is 0.944 bits per heavy atom. The van der Waals surface area contributed by atoms with E-state index in [-0.39, 0.29) is 0 Å². The van der Waals surface area contributed by atoms with E-state index in [1.165, 1.54) is 11.1 Å². The Labute approximate surface area is 106 Å². The minimum Gasteiger partial charge on any atom is -0.326 e. The van der Waals surface area contributed by atoms with Gasteiger partial charge in [0.05, 0.1) is 17.4 Å². The van der Waals surface area contributed by atoms with E-state index in [2.05, 4.69) is 27.8 Å². The molecule has 0 saturated carbocycles. The van der Waals surface area contributed by atoms with Crippen molar-refractivity contribution in [3.8, 4) is 0 Å². The van der Waals surface area contributed by atoms with Gasteiger partial charge in [0, 0.05) is 13.1 Å². The average molecular weight is 237 g/mol.